The van der Waals surface area contributed by atoms with E-state index in [9.17, 15) is 4.79 Å². The average Bonchev–Trinajstić information content (AvgIpc) is 2.62. The third-order valence-corrected chi connectivity index (χ3v) is 4.15. The zero-order chi connectivity index (χ0) is 18.9. The van der Waals surface area contributed by atoms with Crippen LogP contribution in [0, 0.1) is 20.8 Å². The van der Waals surface area contributed by atoms with E-state index in [0.29, 0.717) is 25.2 Å². The summed E-state index contributed by atoms with van der Waals surface area (Å²) in [4.78, 5) is 16.3. The molecule has 0 fully saturated rings. The van der Waals surface area contributed by atoms with E-state index < -0.39 is 0 Å². The van der Waals surface area contributed by atoms with Gasteiger partial charge in [-0.15, -0.1) is 0 Å². The maximum Gasteiger partial charge on any atom is 0.251 e. The summed E-state index contributed by atoms with van der Waals surface area (Å²) >= 11 is 0. The molecule has 0 heterocycles. The van der Waals surface area contributed by atoms with E-state index in [-0.39, 0.29) is 5.91 Å². The Kier molecular flexibility index (Phi) is 7.21. The van der Waals surface area contributed by atoms with Crippen molar-refractivity contribution < 1.29 is 4.79 Å². The number of aryl methyl sites for hydroxylation is 3. The van der Waals surface area contributed by atoms with E-state index in [0.717, 1.165) is 11.5 Å². The van der Waals surface area contributed by atoms with E-state index in [1.807, 2.05) is 31.2 Å². The molecule has 0 unspecified atom stereocenters. The second-order valence-corrected chi connectivity index (χ2v) is 6.41. The second-order valence-electron chi connectivity index (χ2n) is 6.41. The lowest BCUT2D eigenvalue weighted by molar-refractivity contribution is 0.0954. The Morgan fingerprint density at radius 3 is 2.35 bits per heavy atom. The van der Waals surface area contributed by atoms with Crippen LogP contribution in [0.5, 0.6) is 0 Å². The van der Waals surface area contributed by atoms with Gasteiger partial charge in [0.15, 0.2) is 5.96 Å². The summed E-state index contributed by atoms with van der Waals surface area (Å²) in [5.41, 5.74) is 5.52. The van der Waals surface area contributed by atoms with Gasteiger partial charge in [0.25, 0.3) is 5.91 Å². The lowest BCUT2D eigenvalue weighted by atomic mass is 10.1. The maximum absolute atomic E-state index is 12.1. The number of hydrogen-bond acceptors (Lipinski definition) is 2. The van der Waals surface area contributed by atoms with Gasteiger partial charge >= 0.3 is 0 Å². The van der Waals surface area contributed by atoms with Crippen molar-refractivity contribution in [2.75, 3.05) is 20.1 Å². The van der Waals surface area contributed by atoms with E-state index in [2.05, 4.69) is 53.0 Å². The van der Waals surface area contributed by atoms with Crippen LogP contribution in [-0.2, 0) is 6.54 Å². The first-order chi connectivity index (χ1) is 12.5. The van der Waals surface area contributed by atoms with Crippen molar-refractivity contribution in [2.24, 2.45) is 4.99 Å². The molecule has 2 rings (SSSR count). The van der Waals surface area contributed by atoms with Crippen LogP contribution in [0.1, 0.15) is 32.6 Å². The van der Waals surface area contributed by atoms with Gasteiger partial charge in [-0.2, -0.15) is 0 Å². The van der Waals surface area contributed by atoms with Crippen molar-refractivity contribution in [1.82, 2.24) is 16.0 Å². The first-order valence-electron chi connectivity index (χ1n) is 8.85. The number of benzene rings is 2. The Balaban J connectivity index is 1.74. The van der Waals surface area contributed by atoms with Crippen LogP contribution in [0.4, 0.5) is 0 Å². The quantitative estimate of drug-likeness (QED) is 0.425. The third-order valence-electron chi connectivity index (χ3n) is 4.15. The second kappa shape index (κ2) is 9.61. The van der Waals surface area contributed by atoms with Crippen molar-refractivity contribution >= 4 is 11.9 Å². The Morgan fingerprint density at radius 2 is 1.65 bits per heavy atom. The van der Waals surface area contributed by atoms with Gasteiger partial charge in [-0.05, 0) is 44.0 Å². The van der Waals surface area contributed by atoms with Crippen LogP contribution in [0.15, 0.2) is 47.5 Å². The molecule has 0 atom stereocenters. The molecule has 2 aromatic rings. The highest BCUT2D eigenvalue weighted by atomic mass is 16.1. The highest BCUT2D eigenvalue weighted by molar-refractivity contribution is 5.94. The van der Waals surface area contributed by atoms with Crippen LogP contribution in [0.2, 0.25) is 0 Å². The molecule has 0 aliphatic carbocycles. The Labute approximate surface area is 155 Å². The van der Waals surface area contributed by atoms with Gasteiger partial charge < -0.3 is 16.0 Å². The number of carbonyl (C=O) groups excluding carboxylic acids is 1. The third kappa shape index (κ3) is 5.92. The first-order valence-corrected chi connectivity index (χ1v) is 8.85. The molecule has 0 saturated heterocycles. The van der Waals surface area contributed by atoms with Gasteiger partial charge in [0.2, 0.25) is 0 Å². The van der Waals surface area contributed by atoms with Crippen LogP contribution < -0.4 is 16.0 Å². The molecule has 0 radical (unpaired) electrons. The molecule has 0 aliphatic heterocycles. The zero-order valence-corrected chi connectivity index (χ0v) is 16.0. The minimum Gasteiger partial charge on any atom is -0.355 e. The number of hydrogen-bond donors (Lipinski definition) is 3. The normalized spacial score (nSPS) is 11.2. The predicted octanol–water partition coefficient (Wildman–Crippen LogP) is 2.71. The van der Waals surface area contributed by atoms with Crippen LogP contribution in [0.25, 0.3) is 0 Å². The summed E-state index contributed by atoms with van der Waals surface area (Å²) in [5, 5.41) is 9.42. The van der Waals surface area contributed by atoms with E-state index in [1.165, 1.54) is 16.7 Å². The van der Waals surface area contributed by atoms with Crippen molar-refractivity contribution in [2.45, 2.75) is 27.3 Å². The van der Waals surface area contributed by atoms with E-state index in [1.54, 1.807) is 7.05 Å². The van der Waals surface area contributed by atoms with Crippen molar-refractivity contribution in [3.63, 3.8) is 0 Å². The smallest absolute Gasteiger partial charge is 0.251 e. The van der Waals surface area contributed by atoms with Crippen molar-refractivity contribution in [1.29, 1.82) is 0 Å². The Hall–Kier alpha value is -2.82. The molecule has 0 aliphatic rings. The summed E-state index contributed by atoms with van der Waals surface area (Å²) in [6.07, 6.45) is 0. The molecule has 138 valence electrons. The Morgan fingerprint density at radius 1 is 0.923 bits per heavy atom. The predicted molar refractivity (Wildman–Crippen MR) is 108 cm³/mol. The van der Waals surface area contributed by atoms with Gasteiger partial charge in [0.1, 0.15) is 0 Å². The molecule has 1 amide bonds. The van der Waals surface area contributed by atoms with Crippen LogP contribution in [0.3, 0.4) is 0 Å². The fourth-order valence-corrected chi connectivity index (χ4v) is 2.69. The highest BCUT2D eigenvalue weighted by Gasteiger charge is 2.05. The number of nitrogens with zero attached hydrogens (tertiary/aromatic N) is 1. The molecular formula is C21H28N4O. The number of guanidine groups is 1. The van der Waals surface area contributed by atoms with Gasteiger partial charge in [0.05, 0.1) is 0 Å². The molecule has 0 aromatic heterocycles. The lowest BCUT2D eigenvalue weighted by Gasteiger charge is -2.14. The first kappa shape index (κ1) is 19.5. The SMILES string of the molecule is CN=C(NCCNC(=O)c1cccc(C)c1)NCc1ccc(C)cc1C. The number of rotatable bonds is 6. The number of nitrogens with one attached hydrogen (secondary N) is 3. The molecule has 2 aromatic carbocycles. The van der Waals surface area contributed by atoms with Gasteiger partial charge in [0, 0.05) is 32.2 Å². The molecule has 5 nitrogen and oxygen atoms in total. The zero-order valence-electron chi connectivity index (χ0n) is 16.0. The van der Waals surface area contributed by atoms with Crippen LogP contribution >= 0.6 is 0 Å². The maximum atomic E-state index is 12.1. The number of amides is 1. The minimum absolute atomic E-state index is 0.0614. The molecule has 5 heteroatoms. The molecule has 26 heavy (non-hydrogen) atoms. The summed E-state index contributed by atoms with van der Waals surface area (Å²) < 4.78 is 0. The van der Waals surface area contributed by atoms with Crippen molar-refractivity contribution in [3.8, 4) is 0 Å². The number of carbonyl (C=O) groups is 1. The Bertz CT molecular complexity index is 783. The van der Waals surface area contributed by atoms with E-state index in [4.69, 9.17) is 0 Å². The summed E-state index contributed by atoms with van der Waals surface area (Å²) in [6.45, 7) is 8.02. The van der Waals surface area contributed by atoms with Gasteiger partial charge in [-0.25, -0.2) is 0 Å². The van der Waals surface area contributed by atoms with Gasteiger partial charge in [-0.3, -0.25) is 9.79 Å². The number of aliphatic imine (C=N–C) groups is 1. The lowest BCUT2D eigenvalue weighted by Crippen LogP contribution is -2.41. The standard InChI is InChI=1S/C21H28N4O/c1-15-6-5-7-18(13-15)20(26)23-10-11-24-21(22-4)25-14-19-9-8-16(2)12-17(19)3/h5-9,12-13H,10-11,14H2,1-4H3,(H,23,26)(H2,22,24,25). The summed E-state index contributed by atoms with van der Waals surface area (Å²) in [5.74, 6) is 0.656. The van der Waals surface area contributed by atoms with Gasteiger partial charge in [-0.1, -0.05) is 41.5 Å². The fraction of sp³-hybridized carbons (Fsp3) is 0.333. The fourth-order valence-electron chi connectivity index (χ4n) is 2.69. The van der Waals surface area contributed by atoms with E-state index >= 15 is 0 Å². The average molecular weight is 352 g/mol. The highest BCUT2D eigenvalue weighted by Crippen LogP contribution is 2.09. The summed E-state index contributed by atoms with van der Waals surface area (Å²) in [6, 6.07) is 14.0. The molecular weight excluding hydrogens is 324 g/mol. The molecule has 0 bridgehead atoms. The molecule has 0 spiro atoms. The van der Waals surface area contributed by atoms with Crippen molar-refractivity contribution in [3.05, 3.63) is 70.3 Å². The monoisotopic (exact) mass is 352 g/mol. The largest absolute Gasteiger partial charge is 0.355 e. The summed E-state index contributed by atoms with van der Waals surface area (Å²) in [7, 11) is 1.74. The topological polar surface area (TPSA) is 65.5 Å². The van der Waals surface area contributed by atoms with Crippen LogP contribution in [-0.4, -0.2) is 32.0 Å². The minimum atomic E-state index is -0.0614. The molecule has 0 saturated carbocycles. The molecule has 3 N–H and O–H groups in total.